The van der Waals surface area contributed by atoms with Crippen LogP contribution in [0.1, 0.15) is 39.9 Å². The Morgan fingerprint density at radius 1 is 0.949 bits per heavy atom. The number of amides is 3. The zero-order valence-corrected chi connectivity index (χ0v) is 23.0. The fraction of sp³-hybridized carbons (Fsp3) is 0.241. The summed E-state index contributed by atoms with van der Waals surface area (Å²) in [4.78, 5) is 54.2. The Hall–Kier alpha value is -4.37. The molecule has 1 fully saturated rings. The molecular weight excluding hydrogens is 518 g/mol. The van der Waals surface area contributed by atoms with Gasteiger partial charge in [0.1, 0.15) is 11.2 Å². The van der Waals surface area contributed by atoms with Gasteiger partial charge in [0.25, 0.3) is 11.5 Å². The summed E-state index contributed by atoms with van der Waals surface area (Å²) >= 11 is 5.98. The zero-order chi connectivity index (χ0) is 28.2. The number of hydrogen-bond acceptors (Lipinski definition) is 4. The van der Waals surface area contributed by atoms with Crippen molar-refractivity contribution in [2.75, 3.05) is 6.54 Å². The molecule has 200 valence electrons. The van der Waals surface area contributed by atoms with Crippen molar-refractivity contribution in [1.82, 2.24) is 24.1 Å². The number of imide groups is 1. The molecule has 3 heterocycles. The average molecular weight is 546 g/mol. The highest BCUT2D eigenvalue weighted by Crippen LogP contribution is 2.30. The molecule has 3 amide bonds. The summed E-state index contributed by atoms with van der Waals surface area (Å²) in [5.74, 6) is -0.934. The largest absolute Gasteiger partial charge is 0.325 e. The SMILES string of the molecule is Cc1cc(C(=O)CN2C(=O)N[C@@](C)(c3ccc(Cl)cc3)C2=O)c(C)n1-c1c(C)n(C)n(-c2ccccc2)c1=O. The van der Waals surface area contributed by atoms with Crippen molar-refractivity contribution in [3.8, 4) is 11.4 Å². The first-order valence-electron chi connectivity index (χ1n) is 12.4. The minimum Gasteiger partial charge on any atom is -0.319 e. The van der Waals surface area contributed by atoms with E-state index in [1.807, 2.05) is 51.2 Å². The second-order valence-corrected chi connectivity index (χ2v) is 10.3. The van der Waals surface area contributed by atoms with Gasteiger partial charge in [-0.3, -0.25) is 24.0 Å². The fourth-order valence-corrected chi connectivity index (χ4v) is 5.38. The van der Waals surface area contributed by atoms with Gasteiger partial charge in [-0.25, -0.2) is 9.48 Å². The molecule has 2 aromatic carbocycles. The Morgan fingerprint density at radius 3 is 2.23 bits per heavy atom. The second kappa shape index (κ2) is 9.43. The van der Waals surface area contributed by atoms with Gasteiger partial charge in [0.15, 0.2) is 5.78 Å². The average Bonchev–Trinajstić information content (AvgIpc) is 3.41. The molecule has 0 bridgehead atoms. The predicted molar refractivity (Wildman–Crippen MR) is 148 cm³/mol. The molecule has 39 heavy (non-hydrogen) atoms. The van der Waals surface area contributed by atoms with Crippen LogP contribution in [-0.2, 0) is 17.4 Å². The van der Waals surface area contributed by atoms with Crippen molar-refractivity contribution in [2.45, 2.75) is 33.2 Å². The molecule has 0 unspecified atom stereocenters. The summed E-state index contributed by atoms with van der Waals surface area (Å²) in [5.41, 5.74) is 2.46. The number of benzene rings is 2. The lowest BCUT2D eigenvalue weighted by Gasteiger charge is -2.22. The van der Waals surface area contributed by atoms with E-state index in [0.29, 0.717) is 33.2 Å². The number of aryl methyl sites for hydroxylation is 1. The normalized spacial score (nSPS) is 17.1. The summed E-state index contributed by atoms with van der Waals surface area (Å²) < 4.78 is 5.11. The van der Waals surface area contributed by atoms with Gasteiger partial charge in [0, 0.05) is 29.0 Å². The van der Waals surface area contributed by atoms with Crippen molar-refractivity contribution >= 4 is 29.3 Å². The van der Waals surface area contributed by atoms with E-state index >= 15 is 0 Å². The van der Waals surface area contributed by atoms with Gasteiger partial charge >= 0.3 is 6.03 Å². The third kappa shape index (κ3) is 4.10. The zero-order valence-electron chi connectivity index (χ0n) is 22.3. The van der Waals surface area contributed by atoms with Crippen molar-refractivity contribution in [3.63, 3.8) is 0 Å². The van der Waals surface area contributed by atoms with Gasteiger partial charge in [0.2, 0.25) is 0 Å². The van der Waals surface area contributed by atoms with Gasteiger partial charge in [-0.1, -0.05) is 41.9 Å². The standard InChI is InChI=1S/C29H28ClN5O4/c1-17-15-23(18(2)34(17)25-19(3)32(5)35(26(25)37)22-9-7-6-8-10-22)24(36)16-33-27(38)29(4,31-28(33)39)20-11-13-21(30)14-12-20/h6-15H,16H2,1-5H3,(H,31,39)/t29-/m0/s1. The Morgan fingerprint density at radius 2 is 1.59 bits per heavy atom. The quantitative estimate of drug-likeness (QED) is 0.290. The summed E-state index contributed by atoms with van der Waals surface area (Å²) in [6.45, 7) is 6.58. The van der Waals surface area contributed by atoms with Crippen LogP contribution in [0.15, 0.2) is 65.5 Å². The van der Waals surface area contributed by atoms with Crippen LogP contribution in [0.5, 0.6) is 0 Å². The first kappa shape index (κ1) is 26.2. The van der Waals surface area contributed by atoms with Crippen LogP contribution in [0.2, 0.25) is 5.02 Å². The van der Waals surface area contributed by atoms with Crippen molar-refractivity contribution in [2.24, 2.45) is 7.05 Å². The molecular formula is C29H28ClN5O4. The van der Waals surface area contributed by atoms with E-state index in [4.69, 9.17) is 11.6 Å². The molecule has 1 N–H and O–H groups in total. The maximum absolute atomic E-state index is 13.6. The number of rotatable bonds is 6. The van der Waals surface area contributed by atoms with Crippen LogP contribution < -0.4 is 10.9 Å². The van der Waals surface area contributed by atoms with Gasteiger partial charge in [-0.15, -0.1) is 0 Å². The fourth-order valence-electron chi connectivity index (χ4n) is 5.25. The molecule has 1 saturated heterocycles. The lowest BCUT2D eigenvalue weighted by molar-refractivity contribution is -0.130. The second-order valence-electron chi connectivity index (χ2n) is 9.91. The van der Waals surface area contributed by atoms with Gasteiger partial charge < -0.3 is 9.88 Å². The molecule has 0 spiro atoms. The Labute approximate surface area is 230 Å². The Bertz CT molecular complexity index is 1700. The van der Waals surface area contributed by atoms with Crippen molar-refractivity contribution < 1.29 is 14.4 Å². The molecule has 0 radical (unpaired) electrons. The maximum atomic E-state index is 13.6. The molecule has 1 atom stereocenters. The highest BCUT2D eigenvalue weighted by Gasteiger charge is 2.49. The molecule has 1 aliphatic heterocycles. The molecule has 5 rings (SSSR count). The molecule has 0 aliphatic carbocycles. The van der Waals surface area contributed by atoms with Gasteiger partial charge in [-0.05, 0) is 63.6 Å². The number of urea groups is 1. The lowest BCUT2D eigenvalue weighted by atomic mass is 9.92. The molecule has 10 heteroatoms. The predicted octanol–water partition coefficient (Wildman–Crippen LogP) is 4.20. The van der Waals surface area contributed by atoms with E-state index in [0.717, 1.165) is 16.3 Å². The van der Waals surface area contributed by atoms with Crippen LogP contribution in [-0.4, -0.2) is 43.1 Å². The third-order valence-corrected chi connectivity index (χ3v) is 7.73. The molecule has 0 saturated carbocycles. The van der Waals surface area contributed by atoms with Gasteiger partial charge in [-0.2, -0.15) is 0 Å². The number of carbonyl (C=O) groups is 3. The number of carbonyl (C=O) groups excluding carboxylic acids is 3. The van der Waals surface area contributed by atoms with E-state index in [-0.39, 0.29) is 5.56 Å². The van der Waals surface area contributed by atoms with Crippen LogP contribution in [0.25, 0.3) is 11.4 Å². The van der Waals surface area contributed by atoms with Crippen LogP contribution in [0.3, 0.4) is 0 Å². The first-order valence-corrected chi connectivity index (χ1v) is 12.8. The van der Waals surface area contributed by atoms with E-state index in [2.05, 4.69) is 5.32 Å². The highest BCUT2D eigenvalue weighted by atomic mass is 35.5. The topological polar surface area (TPSA) is 98.3 Å². The lowest BCUT2D eigenvalue weighted by Crippen LogP contribution is -2.41. The monoisotopic (exact) mass is 545 g/mol. The number of para-hydroxylation sites is 1. The number of nitrogens with zero attached hydrogens (tertiary/aromatic N) is 4. The molecule has 9 nitrogen and oxygen atoms in total. The molecule has 2 aromatic heterocycles. The number of nitrogens with one attached hydrogen (secondary N) is 1. The smallest absolute Gasteiger partial charge is 0.319 e. The van der Waals surface area contributed by atoms with Crippen molar-refractivity contribution in [1.29, 1.82) is 0 Å². The van der Waals surface area contributed by atoms with E-state index in [9.17, 15) is 19.2 Å². The number of aromatic nitrogens is 3. The van der Waals surface area contributed by atoms with Crippen LogP contribution >= 0.6 is 11.6 Å². The molecule has 1 aliphatic rings. The van der Waals surface area contributed by atoms with Gasteiger partial charge in [0.05, 0.1) is 17.9 Å². The highest BCUT2D eigenvalue weighted by molar-refractivity contribution is 6.30. The Kier molecular flexibility index (Phi) is 6.34. The summed E-state index contributed by atoms with van der Waals surface area (Å²) in [6, 6.07) is 17.0. The van der Waals surface area contributed by atoms with Crippen LogP contribution in [0, 0.1) is 20.8 Å². The van der Waals surface area contributed by atoms with Crippen LogP contribution in [0.4, 0.5) is 4.79 Å². The minimum absolute atomic E-state index is 0.227. The summed E-state index contributed by atoms with van der Waals surface area (Å²) in [5, 5.41) is 3.21. The number of hydrogen-bond donors (Lipinski definition) is 1. The Balaban J connectivity index is 1.48. The maximum Gasteiger partial charge on any atom is 0.325 e. The van der Waals surface area contributed by atoms with Crippen molar-refractivity contribution in [3.05, 3.63) is 104 Å². The summed E-state index contributed by atoms with van der Waals surface area (Å²) in [7, 11) is 1.81. The van der Waals surface area contributed by atoms with E-state index in [1.165, 1.54) is 0 Å². The minimum atomic E-state index is -1.32. The number of halogens is 1. The van der Waals surface area contributed by atoms with E-state index in [1.54, 1.807) is 58.1 Å². The number of ketones is 1. The summed E-state index contributed by atoms with van der Waals surface area (Å²) in [6.07, 6.45) is 0. The molecule has 4 aromatic rings. The van der Waals surface area contributed by atoms with E-state index < -0.39 is 29.8 Å². The first-order chi connectivity index (χ1) is 18.5. The third-order valence-electron chi connectivity index (χ3n) is 7.48. The number of Topliss-reactive ketones (excluding diaryl/α,β-unsaturated/α-hetero) is 1.